The molecule has 0 spiro atoms. The number of esters is 1. The van der Waals surface area contributed by atoms with Gasteiger partial charge < -0.3 is 9.15 Å². The van der Waals surface area contributed by atoms with Gasteiger partial charge in [-0.25, -0.2) is 4.79 Å². The van der Waals surface area contributed by atoms with E-state index in [0.29, 0.717) is 17.9 Å². The van der Waals surface area contributed by atoms with Crippen molar-refractivity contribution in [3.63, 3.8) is 0 Å². The van der Waals surface area contributed by atoms with Crippen molar-refractivity contribution >= 4 is 38.9 Å². The van der Waals surface area contributed by atoms with Crippen molar-refractivity contribution in [2.75, 3.05) is 6.61 Å². The second-order valence-corrected chi connectivity index (χ2v) is 4.79. The van der Waals surface area contributed by atoms with Gasteiger partial charge in [-0.1, -0.05) is 15.9 Å². The Bertz CT molecular complexity index is 611. The van der Waals surface area contributed by atoms with Crippen molar-refractivity contribution in [1.29, 1.82) is 0 Å². The fourth-order valence-electron chi connectivity index (χ4n) is 1.62. The van der Waals surface area contributed by atoms with Crippen LogP contribution >= 0.6 is 15.9 Å². The highest BCUT2D eigenvalue weighted by Crippen LogP contribution is 2.24. The van der Waals surface area contributed by atoms with Crippen molar-refractivity contribution in [2.24, 2.45) is 0 Å². The summed E-state index contributed by atoms with van der Waals surface area (Å²) in [5.41, 5.74) is 1.32. The fourth-order valence-corrected chi connectivity index (χ4v) is 2.00. The molecule has 4 heteroatoms. The third kappa shape index (κ3) is 2.82. The molecule has 2 rings (SSSR count). The van der Waals surface area contributed by atoms with E-state index in [-0.39, 0.29) is 5.97 Å². The minimum Gasteiger partial charge on any atom is -0.463 e. The van der Waals surface area contributed by atoms with E-state index in [9.17, 15) is 4.79 Å². The molecule has 1 aromatic carbocycles. The summed E-state index contributed by atoms with van der Waals surface area (Å²) in [6.07, 6.45) is 1.69. The maximum absolute atomic E-state index is 11.5. The Balaban J connectivity index is 2.31. The molecular formula is C14H13BrO3. The average molecular weight is 309 g/mol. The molecule has 0 N–H and O–H groups in total. The summed E-state index contributed by atoms with van der Waals surface area (Å²) in [7, 11) is 0. The molecule has 2 aromatic rings. The normalized spacial score (nSPS) is 11.8. The Morgan fingerprint density at radius 3 is 2.94 bits per heavy atom. The van der Waals surface area contributed by atoms with Crippen LogP contribution in [0.4, 0.5) is 0 Å². The Morgan fingerprint density at radius 1 is 1.44 bits per heavy atom. The molecule has 0 atom stereocenters. The van der Waals surface area contributed by atoms with E-state index in [1.807, 2.05) is 24.3 Å². The number of hydrogen-bond acceptors (Lipinski definition) is 3. The average Bonchev–Trinajstić information content (AvgIpc) is 2.70. The predicted molar refractivity (Wildman–Crippen MR) is 74.2 cm³/mol. The van der Waals surface area contributed by atoms with E-state index in [4.69, 9.17) is 9.15 Å². The summed E-state index contributed by atoms with van der Waals surface area (Å²) in [5.74, 6) is 0.327. The lowest BCUT2D eigenvalue weighted by atomic mass is 10.2. The summed E-state index contributed by atoms with van der Waals surface area (Å²) >= 11 is 3.41. The molecule has 0 aliphatic heterocycles. The minimum absolute atomic E-state index is 0.320. The van der Waals surface area contributed by atoms with E-state index in [1.165, 1.54) is 0 Å². The van der Waals surface area contributed by atoms with Crippen LogP contribution < -0.4 is 0 Å². The van der Waals surface area contributed by atoms with E-state index in [1.54, 1.807) is 19.9 Å². The first kappa shape index (κ1) is 12.9. The standard InChI is InChI=1S/C14H13BrO3/c1-3-17-14(16)9(2)6-12-8-10-7-11(15)4-5-13(10)18-12/h4-8H,3H2,1-2H3/b9-6+. The first-order valence-corrected chi connectivity index (χ1v) is 6.44. The van der Waals surface area contributed by atoms with Crippen LogP contribution in [0.5, 0.6) is 0 Å². The van der Waals surface area contributed by atoms with Crippen molar-refractivity contribution in [3.05, 3.63) is 40.1 Å². The van der Waals surface area contributed by atoms with Gasteiger partial charge in [0.15, 0.2) is 0 Å². The highest BCUT2D eigenvalue weighted by Gasteiger charge is 2.07. The van der Waals surface area contributed by atoms with Crippen LogP contribution in [-0.4, -0.2) is 12.6 Å². The summed E-state index contributed by atoms with van der Waals surface area (Å²) in [5, 5.41) is 0.993. The maximum Gasteiger partial charge on any atom is 0.333 e. The number of furan rings is 1. The number of fused-ring (bicyclic) bond motifs is 1. The number of carbonyl (C=O) groups is 1. The zero-order chi connectivity index (χ0) is 13.1. The van der Waals surface area contributed by atoms with Crippen LogP contribution in [0, 0.1) is 0 Å². The first-order chi connectivity index (χ1) is 8.60. The quantitative estimate of drug-likeness (QED) is 0.631. The SMILES string of the molecule is CCOC(=O)/C(C)=C/c1cc2cc(Br)ccc2o1. The first-order valence-electron chi connectivity index (χ1n) is 5.64. The van der Waals surface area contributed by atoms with Gasteiger partial charge in [-0.05, 0) is 44.2 Å². The summed E-state index contributed by atoms with van der Waals surface area (Å²) in [6, 6.07) is 7.66. The summed E-state index contributed by atoms with van der Waals surface area (Å²) in [4.78, 5) is 11.5. The van der Waals surface area contributed by atoms with Crippen LogP contribution in [-0.2, 0) is 9.53 Å². The van der Waals surface area contributed by atoms with E-state index in [2.05, 4.69) is 15.9 Å². The Hall–Kier alpha value is -1.55. The molecule has 1 aromatic heterocycles. The Kier molecular flexibility index (Phi) is 3.87. The van der Waals surface area contributed by atoms with Gasteiger partial charge in [-0.15, -0.1) is 0 Å². The van der Waals surface area contributed by atoms with Crippen LogP contribution in [0.1, 0.15) is 19.6 Å². The molecule has 0 unspecified atom stereocenters. The van der Waals surface area contributed by atoms with Crippen molar-refractivity contribution in [1.82, 2.24) is 0 Å². The molecule has 0 radical (unpaired) electrons. The van der Waals surface area contributed by atoms with Crippen molar-refractivity contribution in [2.45, 2.75) is 13.8 Å². The third-order valence-corrected chi connectivity index (χ3v) is 2.95. The van der Waals surface area contributed by atoms with Gasteiger partial charge in [-0.3, -0.25) is 0 Å². The van der Waals surface area contributed by atoms with Crippen LogP contribution in [0.25, 0.3) is 17.0 Å². The number of halogens is 1. The zero-order valence-electron chi connectivity index (χ0n) is 10.2. The number of benzene rings is 1. The van der Waals surface area contributed by atoms with Crippen molar-refractivity contribution in [3.8, 4) is 0 Å². The van der Waals surface area contributed by atoms with Crippen LogP contribution in [0.2, 0.25) is 0 Å². The van der Waals surface area contributed by atoms with Gasteiger partial charge in [0.2, 0.25) is 0 Å². The second kappa shape index (κ2) is 5.40. The smallest absolute Gasteiger partial charge is 0.333 e. The van der Waals surface area contributed by atoms with Gasteiger partial charge in [-0.2, -0.15) is 0 Å². The third-order valence-electron chi connectivity index (χ3n) is 2.45. The molecule has 0 saturated heterocycles. The highest BCUT2D eigenvalue weighted by molar-refractivity contribution is 9.10. The van der Waals surface area contributed by atoms with Gasteiger partial charge in [0.25, 0.3) is 0 Å². The van der Waals surface area contributed by atoms with E-state index >= 15 is 0 Å². The van der Waals surface area contributed by atoms with Crippen LogP contribution in [0.15, 0.2) is 38.7 Å². The lowest BCUT2D eigenvalue weighted by Gasteiger charge is -1.99. The van der Waals surface area contributed by atoms with E-state index in [0.717, 1.165) is 15.4 Å². The zero-order valence-corrected chi connectivity index (χ0v) is 11.8. The molecule has 0 fully saturated rings. The number of carbonyl (C=O) groups excluding carboxylic acids is 1. The second-order valence-electron chi connectivity index (χ2n) is 3.88. The predicted octanol–water partition coefficient (Wildman–Crippen LogP) is 4.16. The molecule has 94 valence electrons. The molecule has 0 saturated carbocycles. The van der Waals surface area contributed by atoms with Gasteiger partial charge in [0.1, 0.15) is 11.3 Å². The lowest BCUT2D eigenvalue weighted by Crippen LogP contribution is -2.04. The van der Waals surface area contributed by atoms with Crippen molar-refractivity contribution < 1.29 is 13.9 Å². The molecule has 0 aliphatic carbocycles. The molecule has 0 amide bonds. The minimum atomic E-state index is -0.320. The van der Waals surface area contributed by atoms with Gasteiger partial charge >= 0.3 is 5.97 Å². The molecule has 1 heterocycles. The highest BCUT2D eigenvalue weighted by atomic mass is 79.9. The van der Waals surface area contributed by atoms with Gasteiger partial charge in [0.05, 0.1) is 6.61 Å². The van der Waals surface area contributed by atoms with E-state index < -0.39 is 0 Å². The molecule has 0 bridgehead atoms. The van der Waals surface area contributed by atoms with Gasteiger partial charge in [0, 0.05) is 15.4 Å². The summed E-state index contributed by atoms with van der Waals surface area (Å²) < 4.78 is 11.5. The molecule has 3 nitrogen and oxygen atoms in total. The lowest BCUT2D eigenvalue weighted by molar-refractivity contribution is -0.138. The fraction of sp³-hybridized carbons (Fsp3) is 0.214. The number of rotatable bonds is 3. The Morgan fingerprint density at radius 2 is 2.22 bits per heavy atom. The Labute approximate surface area is 114 Å². The van der Waals surface area contributed by atoms with Crippen LogP contribution in [0.3, 0.4) is 0 Å². The largest absolute Gasteiger partial charge is 0.463 e. The topological polar surface area (TPSA) is 39.4 Å². The molecular weight excluding hydrogens is 296 g/mol. The molecule has 0 aliphatic rings. The summed E-state index contributed by atoms with van der Waals surface area (Å²) in [6.45, 7) is 3.86. The maximum atomic E-state index is 11.5. The monoisotopic (exact) mass is 308 g/mol. The number of ether oxygens (including phenoxy) is 1. The number of hydrogen-bond donors (Lipinski definition) is 0. The molecule has 18 heavy (non-hydrogen) atoms.